The van der Waals surface area contributed by atoms with Crippen LogP contribution in [0.4, 0.5) is 4.79 Å². The summed E-state index contributed by atoms with van der Waals surface area (Å²) in [7, 11) is 1.31. The number of hydrogen-bond donors (Lipinski definition) is 0. The highest BCUT2D eigenvalue weighted by atomic mass is 16.6. The summed E-state index contributed by atoms with van der Waals surface area (Å²) in [6.07, 6.45) is 1.59. The number of ether oxygens (including phenoxy) is 2. The SMILES string of the molecule is COC(=O)/C=C1/c2ccccc2CCN1C(=O)OC(C)(C)C. The number of fused-ring (bicyclic) bond motifs is 1. The number of benzene rings is 1. The van der Waals surface area contributed by atoms with Gasteiger partial charge in [-0.2, -0.15) is 0 Å². The molecule has 1 amide bonds. The number of amides is 1. The third kappa shape index (κ3) is 3.67. The molecule has 118 valence electrons. The van der Waals surface area contributed by atoms with E-state index in [4.69, 9.17) is 9.47 Å². The quantitative estimate of drug-likeness (QED) is 0.591. The Kier molecular flexibility index (Phi) is 4.54. The summed E-state index contributed by atoms with van der Waals surface area (Å²) in [5.74, 6) is -0.500. The Hall–Kier alpha value is -2.30. The molecule has 0 N–H and O–H groups in total. The number of rotatable bonds is 1. The van der Waals surface area contributed by atoms with Gasteiger partial charge >= 0.3 is 12.1 Å². The highest BCUT2D eigenvalue weighted by Gasteiger charge is 2.30. The molecule has 22 heavy (non-hydrogen) atoms. The molecule has 0 radical (unpaired) electrons. The van der Waals surface area contributed by atoms with Crippen molar-refractivity contribution < 1.29 is 19.1 Å². The molecule has 1 aliphatic heterocycles. The number of nitrogens with zero attached hydrogens (tertiary/aromatic N) is 1. The number of esters is 1. The second-order valence-corrected chi connectivity index (χ2v) is 6.09. The third-order valence-electron chi connectivity index (χ3n) is 3.26. The molecule has 0 atom stereocenters. The topological polar surface area (TPSA) is 55.8 Å². The lowest BCUT2D eigenvalue weighted by Crippen LogP contribution is -2.39. The maximum Gasteiger partial charge on any atom is 0.414 e. The van der Waals surface area contributed by atoms with Crippen LogP contribution in [0.3, 0.4) is 0 Å². The molecule has 0 bridgehead atoms. The molecule has 0 saturated heterocycles. The van der Waals surface area contributed by atoms with Crippen LogP contribution in [0.2, 0.25) is 0 Å². The summed E-state index contributed by atoms with van der Waals surface area (Å²) in [5, 5.41) is 0. The van der Waals surface area contributed by atoms with Gasteiger partial charge in [-0.3, -0.25) is 4.90 Å². The smallest absolute Gasteiger partial charge is 0.414 e. The van der Waals surface area contributed by atoms with E-state index in [0.717, 1.165) is 11.1 Å². The summed E-state index contributed by atoms with van der Waals surface area (Å²) in [6, 6.07) is 7.70. The Morgan fingerprint density at radius 3 is 2.55 bits per heavy atom. The largest absolute Gasteiger partial charge is 0.466 e. The number of carbonyl (C=O) groups excluding carboxylic acids is 2. The summed E-state index contributed by atoms with van der Waals surface area (Å²) < 4.78 is 10.1. The molecule has 0 aromatic heterocycles. The van der Waals surface area contributed by atoms with Crippen molar-refractivity contribution in [2.45, 2.75) is 32.8 Å². The zero-order chi connectivity index (χ0) is 16.3. The molecule has 0 saturated carbocycles. The molecule has 1 aromatic carbocycles. The van der Waals surface area contributed by atoms with E-state index >= 15 is 0 Å². The summed E-state index contributed by atoms with van der Waals surface area (Å²) in [6.45, 7) is 5.90. The molecular weight excluding hydrogens is 282 g/mol. The average molecular weight is 303 g/mol. The number of carbonyl (C=O) groups is 2. The summed E-state index contributed by atoms with van der Waals surface area (Å²) in [5.41, 5.74) is 1.87. The fourth-order valence-electron chi connectivity index (χ4n) is 2.32. The van der Waals surface area contributed by atoms with Gasteiger partial charge in [-0.1, -0.05) is 24.3 Å². The van der Waals surface area contributed by atoms with Crippen LogP contribution in [-0.2, 0) is 20.7 Å². The van der Waals surface area contributed by atoms with Gasteiger partial charge in [0.1, 0.15) is 5.60 Å². The van der Waals surface area contributed by atoms with Crippen molar-refractivity contribution in [3.05, 3.63) is 41.5 Å². The van der Waals surface area contributed by atoms with Crippen LogP contribution < -0.4 is 0 Å². The van der Waals surface area contributed by atoms with Gasteiger partial charge < -0.3 is 9.47 Å². The van der Waals surface area contributed by atoms with Gasteiger partial charge in [0.05, 0.1) is 12.8 Å². The fourth-order valence-corrected chi connectivity index (χ4v) is 2.32. The predicted octanol–water partition coefficient (Wildman–Crippen LogP) is 2.99. The molecule has 1 aliphatic rings. The lowest BCUT2D eigenvalue weighted by Gasteiger charge is -2.33. The van der Waals surface area contributed by atoms with Crippen LogP contribution in [0.25, 0.3) is 5.70 Å². The van der Waals surface area contributed by atoms with Crippen molar-refractivity contribution in [3.8, 4) is 0 Å². The Morgan fingerprint density at radius 2 is 1.91 bits per heavy atom. The highest BCUT2D eigenvalue weighted by Crippen LogP contribution is 2.30. The maximum absolute atomic E-state index is 12.4. The number of methoxy groups -OCH3 is 1. The minimum atomic E-state index is -0.593. The molecular formula is C17H21NO4. The van der Waals surface area contributed by atoms with E-state index in [2.05, 4.69) is 0 Å². The van der Waals surface area contributed by atoms with Crippen molar-refractivity contribution in [1.29, 1.82) is 0 Å². The maximum atomic E-state index is 12.4. The van der Waals surface area contributed by atoms with Gasteiger partial charge in [-0.25, -0.2) is 9.59 Å². The van der Waals surface area contributed by atoms with Crippen molar-refractivity contribution >= 4 is 17.8 Å². The Bertz CT molecular complexity index is 613. The van der Waals surface area contributed by atoms with Gasteiger partial charge in [0.2, 0.25) is 0 Å². The molecule has 0 unspecified atom stereocenters. The normalized spacial score (nSPS) is 16.2. The van der Waals surface area contributed by atoms with Crippen LogP contribution >= 0.6 is 0 Å². The molecule has 2 rings (SSSR count). The minimum absolute atomic E-state index is 0.461. The van der Waals surface area contributed by atoms with E-state index in [0.29, 0.717) is 18.7 Å². The number of hydrogen-bond acceptors (Lipinski definition) is 4. The summed E-state index contributed by atoms with van der Waals surface area (Å²) in [4.78, 5) is 25.6. The van der Waals surface area contributed by atoms with E-state index < -0.39 is 17.7 Å². The van der Waals surface area contributed by atoms with Gasteiger partial charge in [-0.15, -0.1) is 0 Å². The van der Waals surface area contributed by atoms with E-state index in [1.165, 1.54) is 18.1 Å². The molecule has 5 heteroatoms. The van der Waals surface area contributed by atoms with Crippen LogP contribution in [0.15, 0.2) is 30.3 Å². The van der Waals surface area contributed by atoms with Gasteiger partial charge in [0, 0.05) is 18.2 Å². The van der Waals surface area contributed by atoms with Gasteiger partial charge in [0.25, 0.3) is 0 Å². The van der Waals surface area contributed by atoms with Crippen LogP contribution in [0.1, 0.15) is 31.9 Å². The van der Waals surface area contributed by atoms with Crippen molar-refractivity contribution in [3.63, 3.8) is 0 Å². The third-order valence-corrected chi connectivity index (χ3v) is 3.26. The van der Waals surface area contributed by atoms with Gasteiger partial charge in [0.15, 0.2) is 0 Å². The molecule has 1 aromatic rings. The standard InChI is InChI=1S/C17H21NO4/c1-17(2,3)22-16(20)18-10-9-12-7-5-6-8-13(12)14(18)11-15(19)21-4/h5-8,11H,9-10H2,1-4H3/b14-11-. The Balaban J connectivity index is 2.40. The first-order valence-electron chi connectivity index (χ1n) is 7.20. The molecule has 0 spiro atoms. The lowest BCUT2D eigenvalue weighted by molar-refractivity contribution is -0.134. The van der Waals surface area contributed by atoms with Crippen LogP contribution in [-0.4, -0.2) is 36.2 Å². The van der Waals surface area contributed by atoms with E-state index in [1.54, 1.807) is 0 Å². The Morgan fingerprint density at radius 1 is 1.23 bits per heavy atom. The first-order chi connectivity index (χ1) is 10.3. The predicted molar refractivity (Wildman–Crippen MR) is 83.1 cm³/mol. The first kappa shape index (κ1) is 16.1. The summed E-state index contributed by atoms with van der Waals surface area (Å²) >= 11 is 0. The van der Waals surface area contributed by atoms with Crippen molar-refractivity contribution in [1.82, 2.24) is 4.90 Å². The fraction of sp³-hybridized carbons (Fsp3) is 0.412. The average Bonchev–Trinajstić information content (AvgIpc) is 2.45. The van der Waals surface area contributed by atoms with Crippen molar-refractivity contribution in [2.75, 3.05) is 13.7 Å². The van der Waals surface area contributed by atoms with Crippen LogP contribution in [0, 0.1) is 0 Å². The van der Waals surface area contributed by atoms with E-state index in [-0.39, 0.29) is 0 Å². The zero-order valence-corrected chi connectivity index (χ0v) is 13.4. The monoisotopic (exact) mass is 303 g/mol. The minimum Gasteiger partial charge on any atom is -0.466 e. The molecule has 1 heterocycles. The Labute approximate surface area is 130 Å². The second kappa shape index (κ2) is 6.22. The van der Waals surface area contributed by atoms with E-state index in [1.807, 2.05) is 45.0 Å². The van der Waals surface area contributed by atoms with Crippen molar-refractivity contribution in [2.24, 2.45) is 0 Å². The highest BCUT2D eigenvalue weighted by molar-refractivity contribution is 5.95. The van der Waals surface area contributed by atoms with E-state index in [9.17, 15) is 9.59 Å². The lowest BCUT2D eigenvalue weighted by atomic mass is 9.96. The van der Waals surface area contributed by atoms with Gasteiger partial charge in [-0.05, 0) is 32.8 Å². The second-order valence-electron chi connectivity index (χ2n) is 6.09. The molecule has 5 nitrogen and oxygen atoms in total. The zero-order valence-electron chi connectivity index (χ0n) is 13.4. The molecule has 0 aliphatic carbocycles. The first-order valence-corrected chi connectivity index (χ1v) is 7.20. The molecule has 0 fully saturated rings. The van der Waals surface area contributed by atoms with Crippen LogP contribution in [0.5, 0.6) is 0 Å².